The first-order chi connectivity index (χ1) is 11.9. The van der Waals surface area contributed by atoms with E-state index in [1.807, 2.05) is 0 Å². The van der Waals surface area contributed by atoms with Crippen molar-refractivity contribution in [3.63, 3.8) is 0 Å². The second-order valence-corrected chi connectivity index (χ2v) is 4.93. The first-order valence-electron chi connectivity index (χ1n) is 7.07. The molecule has 3 aromatic rings. The Labute approximate surface area is 139 Å². The quantitative estimate of drug-likeness (QED) is 0.779. The van der Waals surface area contributed by atoms with Crippen molar-refractivity contribution in [2.24, 2.45) is 0 Å². The zero-order valence-corrected chi connectivity index (χ0v) is 12.6. The van der Waals surface area contributed by atoms with Crippen LogP contribution in [0.2, 0.25) is 0 Å². The maximum Gasteiger partial charge on any atom is 0.416 e. The zero-order chi connectivity index (χ0) is 17.9. The summed E-state index contributed by atoms with van der Waals surface area (Å²) >= 11 is 0. The predicted octanol–water partition coefficient (Wildman–Crippen LogP) is 2.01. The Kier molecular flexibility index (Phi) is 4.42. The molecule has 1 N–H and O–H groups in total. The highest BCUT2D eigenvalue weighted by molar-refractivity contribution is 5.90. The van der Waals surface area contributed by atoms with Crippen LogP contribution < -0.4 is 5.32 Å². The van der Waals surface area contributed by atoms with Gasteiger partial charge in [0.15, 0.2) is 0 Å². The van der Waals surface area contributed by atoms with Crippen LogP contribution >= 0.6 is 0 Å². The number of rotatable bonds is 4. The Morgan fingerprint density at radius 2 is 1.88 bits per heavy atom. The number of carbonyl (C=O) groups excluding carboxylic acids is 1. The second-order valence-electron chi connectivity index (χ2n) is 4.93. The lowest BCUT2D eigenvalue weighted by Gasteiger charge is -2.09. The molecule has 0 spiro atoms. The van der Waals surface area contributed by atoms with Gasteiger partial charge in [0.1, 0.15) is 6.33 Å². The lowest BCUT2D eigenvalue weighted by molar-refractivity contribution is -0.137. The van der Waals surface area contributed by atoms with Crippen LogP contribution in [-0.2, 0) is 12.7 Å². The standard InChI is InChI=1S/C15H11F3N6O/c16-15(17,18)11-4-1-3-10(7-11)8-21-13(25)12-22-9-23-24(12)14-19-5-2-6-20-14/h1-7,9H,8H2,(H,21,25). The largest absolute Gasteiger partial charge is 0.416 e. The minimum Gasteiger partial charge on any atom is -0.345 e. The van der Waals surface area contributed by atoms with Crippen molar-refractivity contribution < 1.29 is 18.0 Å². The molecule has 10 heteroatoms. The highest BCUT2D eigenvalue weighted by Gasteiger charge is 2.30. The van der Waals surface area contributed by atoms with E-state index in [4.69, 9.17) is 0 Å². The molecule has 0 atom stereocenters. The molecule has 0 aliphatic heterocycles. The maximum absolute atomic E-state index is 12.7. The number of hydrogen-bond donors (Lipinski definition) is 1. The Morgan fingerprint density at radius 3 is 2.60 bits per heavy atom. The molecule has 2 aromatic heterocycles. The molecule has 1 amide bonds. The van der Waals surface area contributed by atoms with Crippen molar-refractivity contribution in [3.8, 4) is 5.95 Å². The molecule has 128 valence electrons. The van der Waals surface area contributed by atoms with Gasteiger partial charge in [-0.3, -0.25) is 4.79 Å². The lowest BCUT2D eigenvalue weighted by atomic mass is 10.1. The van der Waals surface area contributed by atoms with E-state index in [1.54, 1.807) is 6.07 Å². The Hall–Kier alpha value is -3.30. The van der Waals surface area contributed by atoms with Crippen LogP contribution in [0.5, 0.6) is 0 Å². The normalized spacial score (nSPS) is 11.3. The van der Waals surface area contributed by atoms with Crippen LogP contribution in [0.3, 0.4) is 0 Å². The maximum atomic E-state index is 12.7. The minimum atomic E-state index is -4.44. The summed E-state index contributed by atoms with van der Waals surface area (Å²) in [6, 6.07) is 6.32. The molecule has 0 aliphatic carbocycles. The Morgan fingerprint density at radius 1 is 1.12 bits per heavy atom. The summed E-state index contributed by atoms with van der Waals surface area (Å²) in [6.45, 7) is -0.0920. The van der Waals surface area contributed by atoms with Crippen LogP contribution in [0.25, 0.3) is 5.95 Å². The van der Waals surface area contributed by atoms with Gasteiger partial charge >= 0.3 is 6.18 Å². The fraction of sp³-hybridized carbons (Fsp3) is 0.133. The number of amides is 1. The monoisotopic (exact) mass is 348 g/mol. The van der Waals surface area contributed by atoms with E-state index in [9.17, 15) is 18.0 Å². The summed E-state index contributed by atoms with van der Waals surface area (Å²) in [6.07, 6.45) is -0.316. The molecule has 0 saturated carbocycles. The van der Waals surface area contributed by atoms with Gasteiger partial charge in [-0.1, -0.05) is 12.1 Å². The van der Waals surface area contributed by atoms with Gasteiger partial charge in [-0.05, 0) is 23.8 Å². The second kappa shape index (κ2) is 6.67. The van der Waals surface area contributed by atoms with E-state index in [-0.39, 0.29) is 18.3 Å². The first kappa shape index (κ1) is 16.6. The fourth-order valence-electron chi connectivity index (χ4n) is 2.06. The molecule has 0 unspecified atom stereocenters. The topological polar surface area (TPSA) is 85.6 Å². The molecule has 1 aromatic carbocycles. The van der Waals surface area contributed by atoms with Crippen LogP contribution in [0.15, 0.2) is 49.1 Å². The summed E-state index contributed by atoms with van der Waals surface area (Å²) < 4.78 is 39.3. The molecular weight excluding hydrogens is 337 g/mol. The van der Waals surface area contributed by atoms with E-state index < -0.39 is 17.6 Å². The number of hydrogen-bond acceptors (Lipinski definition) is 5. The summed E-state index contributed by atoms with van der Waals surface area (Å²) in [4.78, 5) is 24.0. The number of alkyl halides is 3. The van der Waals surface area contributed by atoms with E-state index >= 15 is 0 Å². The highest BCUT2D eigenvalue weighted by Crippen LogP contribution is 2.29. The average molecular weight is 348 g/mol. The lowest BCUT2D eigenvalue weighted by Crippen LogP contribution is -2.27. The smallest absolute Gasteiger partial charge is 0.345 e. The number of carbonyl (C=O) groups is 1. The Balaban J connectivity index is 1.74. The molecule has 0 fully saturated rings. The third-order valence-corrected chi connectivity index (χ3v) is 3.20. The summed E-state index contributed by atoms with van der Waals surface area (Å²) in [5.74, 6) is -0.523. The van der Waals surface area contributed by atoms with Gasteiger partial charge in [0.05, 0.1) is 5.56 Å². The van der Waals surface area contributed by atoms with Crippen molar-refractivity contribution in [2.75, 3.05) is 0 Å². The summed E-state index contributed by atoms with van der Waals surface area (Å²) in [5, 5.41) is 6.38. The van der Waals surface area contributed by atoms with Crippen LogP contribution in [-0.4, -0.2) is 30.6 Å². The van der Waals surface area contributed by atoms with Gasteiger partial charge in [-0.15, -0.1) is 0 Å². The van der Waals surface area contributed by atoms with E-state index in [2.05, 4.69) is 25.4 Å². The minimum absolute atomic E-state index is 0.0711. The number of nitrogens with zero attached hydrogens (tertiary/aromatic N) is 5. The van der Waals surface area contributed by atoms with Gasteiger partial charge in [-0.25, -0.2) is 15.0 Å². The molecular formula is C15H11F3N6O. The van der Waals surface area contributed by atoms with Crippen molar-refractivity contribution >= 4 is 5.91 Å². The molecule has 0 bridgehead atoms. The van der Waals surface area contributed by atoms with Crippen LogP contribution in [0.1, 0.15) is 21.7 Å². The third-order valence-electron chi connectivity index (χ3n) is 3.20. The molecule has 2 heterocycles. The number of nitrogens with one attached hydrogen (secondary N) is 1. The van der Waals surface area contributed by atoms with E-state index in [0.717, 1.165) is 23.1 Å². The van der Waals surface area contributed by atoms with Gasteiger partial charge in [-0.2, -0.15) is 23.0 Å². The van der Waals surface area contributed by atoms with Crippen molar-refractivity contribution in [3.05, 3.63) is 66.0 Å². The fourth-order valence-corrected chi connectivity index (χ4v) is 2.06. The zero-order valence-electron chi connectivity index (χ0n) is 12.6. The molecule has 25 heavy (non-hydrogen) atoms. The van der Waals surface area contributed by atoms with Crippen LogP contribution in [0.4, 0.5) is 13.2 Å². The van der Waals surface area contributed by atoms with Gasteiger partial charge in [0, 0.05) is 18.9 Å². The van der Waals surface area contributed by atoms with Gasteiger partial charge < -0.3 is 5.32 Å². The predicted molar refractivity (Wildman–Crippen MR) is 79.6 cm³/mol. The van der Waals surface area contributed by atoms with Gasteiger partial charge in [0.25, 0.3) is 11.9 Å². The van der Waals surface area contributed by atoms with Crippen molar-refractivity contribution in [1.29, 1.82) is 0 Å². The summed E-state index contributed by atoms with van der Waals surface area (Å²) in [5.41, 5.74) is -0.467. The number of aromatic nitrogens is 5. The molecule has 7 nitrogen and oxygen atoms in total. The molecule has 0 saturated heterocycles. The molecule has 0 aliphatic rings. The summed E-state index contributed by atoms with van der Waals surface area (Å²) in [7, 11) is 0. The Bertz CT molecular complexity index is 878. The van der Waals surface area contributed by atoms with E-state index in [1.165, 1.54) is 24.5 Å². The van der Waals surface area contributed by atoms with Crippen molar-refractivity contribution in [2.45, 2.75) is 12.7 Å². The van der Waals surface area contributed by atoms with E-state index in [0.29, 0.717) is 5.56 Å². The molecule has 3 rings (SSSR count). The number of halogens is 3. The van der Waals surface area contributed by atoms with Crippen molar-refractivity contribution in [1.82, 2.24) is 30.0 Å². The third kappa shape index (κ3) is 3.79. The first-order valence-corrected chi connectivity index (χ1v) is 7.07. The van der Waals surface area contributed by atoms with Crippen LogP contribution in [0, 0.1) is 0 Å². The average Bonchev–Trinajstić information content (AvgIpc) is 3.10. The SMILES string of the molecule is O=C(NCc1cccc(C(F)(F)F)c1)c1ncnn1-c1ncccn1. The molecule has 0 radical (unpaired) electrons. The van der Waals surface area contributed by atoms with Gasteiger partial charge in [0.2, 0.25) is 5.82 Å². The number of benzene rings is 1. The highest BCUT2D eigenvalue weighted by atomic mass is 19.4.